The molecule has 2 aliphatic heterocycles. The molecule has 25 heavy (non-hydrogen) atoms. The number of rotatable bonds is 4. The van der Waals surface area contributed by atoms with Crippen molar-refractivity contribution in [1.29, 1.82) is 0 Å². The molecule has 138 valence electrons. The van der Waals surface area contributed by atoms with E-state index in [2.05, 4.69) is 6.07 Å². The molecule has 2 atom stereocenters. The lowest BCUT2D eigenvalue weighted by atomic mass is 9.92. The summed E-state index contributed by atoms with van der Waals surface area (Å²) in [6.45, 7) is 4.05. The number of hydrogen-bond donors (Lipinski definition) is 1. The highest BCUT2D eigenvalue weighted by Gasteiger charge is 2.28. The van der Waals surface area contributed by atoms with E-state index in [1.54, 1.807) is 4.90 Å². The van der Waals surface area contributed by atoms with Gasteiger partial charge in [0, 0.05) is 44.2 Å². The Morgan fingerprint density at radius 1 is 1.32 bits per heavy atom. The maximum atomic E-state index is 12.6. The molecular weight excluding hydrogens is 338 g/mol. The van der Waals surface area contributed by atoms with E-state index in [9.17, 15) is 9.59 Å². The molecule has 0 aromatic heterocycles. The summed E-state index contributed by atoms with van der Waals surface area (Å²) in [5, 5.41) is 0. The van der Waals surface area contributed by atoms with Gasteiger partial charge in [-0.25, -0.2) is 0 Å². The summed E-state index contributed by atoms with van der Waals surface area (Å²) in [5.41, 5.74) is 8.16. The van der Waals surface area contributed by atoms with Gasteiger partial charge in [0.1, 0.15) is 0 Å². The largest absolute Gasteiger partial charge is 0.342 e. The van der Waals surface area contributed by atoms with Crippen LogP contribution in [0.25, 0.3) is 0 Å². The van der Waals surface area contributed by atoms with E-state index < -0.39 is 0 Å². The highest BCUT2D eigenvalue weighted by molar-refractivity contribution is 5.97. The maximum Gasteiger partial charge on any atom is 0.227 e. The molecule has 2 aliphatic rings. The third kappa shape index (κ3) is 4.53. The molecule has 0 aliphatic carbocycles. The van der Waals surface area contributed by atoms with E-state index in [1.807, 2.05) is 30.0 Å². The maximum absolute atomic E-state index is 12.6. The Morgan fingerprint density at radius 3 is 2.84 bits per heavy atom. The van der Waals surface area contributed by atoms with Gasteiger partial charge < -0.3 is 15.5 Å². The van der Waals surface area contributed by atoms with Crippen LogP contribution in [0.3, 0.4) is 0 Å². The monoisotopic (exact) mass is 365 g/mol. The van der Waals surface area contributed by atoms with Crippen molar-refractivity contribution in [2.75, 3.05) is 24.5 Å². The highest BCUT2D eigenvalue weighted by Crippen LogP contribution is 2.28. The van der Waals surface area contributed by atoms with Gasteiger partial charge in [-0.15, -0.1) is 12.4 Å². The van der Waals surface area contributed by atoms with Crippen LogP contribution in [0.15, 0.2) is 24.3 Å². The van der Waals surface area contributed by atoms with Gasteiger partial charge >= 0.3 is 0 Å². The number of likely N-dealkylation sites (tertiary alicyclic amines) is 1. The molecule has 0 radical (unpaired) electrons. The van der Waals surface area contributed by atoms with Crippen LogP contribution in [0.1, 0.15) is 38.2 Å². The minimum atomic E-state index is 0. The number of aryl methyl sites for hydroxylation is 1. The molecule has 1 aromatic rings. The van der Waals surface area contributed by atoms with Crippen molar-refractivity contribution in [2.45, 2.75) is 45.1 Å². The number of nitrogens with two attached hydrogens (primary N) is 1. The lowest BCUT2D eigenvalue weighted by molar-refractivity contribution is -0.133. The van der Waals surface area contributed by atoms with Crippen LogP contribution in [-0.4, -0.2) is 42.4 Å². The molecule has 0 bridgehead atoms. The number of carbonyl (C=O) groups is 2. The van der Waals surface area contributed by atoms with Crippen LogP contribution in [0, 0.1) is 5.92 Å². The van der Waals surface area contributed by atoms with Gasteiger partial charge in [0.2, 0.25) is 11.8 Å². The first kappa shape index (κ1) is 19.7. The van der Waals surface area contributed by atoms with Crippen LogP contribution >= 0.6 is 12.4 Å². The first-order valence-corrected chi connectivity index (χ1v) is 8.98. The second kappa shape index (κ2) is 8.68. The predicted molar refractivity (Wildman–Crippen MR) is 102 cm³/mol. The minimum absolute atomic E-state index is 0. The predicted octanol–water partition coefficient (Wildman–Crippen LogP) is 2.36. The van der Waals surface area contributed by atoms with Gasteiger partial charge in [-0.2, -0.15) is 0 Å². The molecule has 2 N–H and O–H groups in total. The van der Waals surface area contributed by atoms with Crippen molar-refractivity contribution < 1.29 is 9.59 Å². The van der Waals surface area contributed by atoms with Crippen LogP contribution in [0.5, 0.6) is 0 Å². The summed E-state index contributed by atoms with van der Waals surface area (Å²) in [6.07, 6.45) is 3.82. The van der Waals surface area contributed by atoms with Crippen molar-refractivity contribution in [1.82, 2.24) is 4.90 Å². The lowest BCUT2D eigenvalue weighted by Crippen LogP contribution is -2.46. The van der Waals surface area contributed by atoms with Gasteiger partial charge in [-0.05, 0) is 43.7 Å². The normalized spacial score (nSPS) is 21.4. The summed E-state index contributed by atoms with van der Waals surface area (Å²) >= 11 is 0. The Morgan fingerprint density at radius 2 is 2.08 bits per heavy atom. The standard InChI is InChI=1S/C19H27N3O2.ClH/c1-14(20)16-6-4-11-21(13-16)18(23)10-12-22-17-7-3-2-5-15(17)8-9-19(22)24;/h2-3,5,7,14,16H,4,6,8-13,20H2,1H3;1H. The number of nitrogens with zero attached hydrogens (tertiary/aromatic N) is 2. The first-order valence-electron chi connectivity index (χ1n) is 8.98. The van der Waals surface area contributed by atoms with Crippen LogP contribution in [0.2, 0.25) is 0 Å². The fourth-order valence-corrected chi connectivity index (χ4v) is 3.77. The Kier molecular flexibility index (Phi) is 6.85. The quantitative estimate of drug-likeness (QED) is 0.890. The van der Waals surface area contributed by atoms with Crippen LogP contribution < -0.4 is 10.6 Å². The molecule has 3 rings (SSSR count). The molecule has 2 amide bonds. The number of carbonyl (C=O) groups excluding carboxylic acids is 2. The summed E-state index contributed by atoms with van der Waals surface area (Å²) in [4.78, 5) is 28.6. The zero-order valence-electron chi connectivity index (χ0n) is 14.8. The number of amides is 2. The Bertz CT molecular complexity index is 620. The number of hydrogen-bond acceptors (Lipinski definition) is 3. The minimum Gasteiger partial charge on any atom is -0.342 e. The van der Waals surface area contributed by atoms with Gasteiger partial charge in [0.15, 0.2) is 0 Å². The molecule has 2 heterocycles. The fraction of sp³-hybridized carbons (Fsp3) is 0.579. The summed E-state index contributed by atoms with van der Waals surface area (Å²) in [6, 6.07) is 8.11. The zero-order valence-corrected chi connectivity index (χ0v) is 15.6. The number of para-hydroxylation sites is 1. The van der Waals surface area contributed by atoms with E-state index in [0.29, 0.717) is 25.3 Å². The first-order chi connectivity index (χ1) is 11.6. The van der Waals surface area contributed by atoms with Gasteiger partial charge in [0.25, 0.3) is 0 Å². The van der Waals surface area contributed by atoms with Crippen LogP contribution in [0.4, 0.5) is 5.69 Å². The molecular formula is C19H28ClN3O2. The van der Waals surface area contributed by atoms with Crippen molar-refractivity contribution in [3.8, 4) is 0 Å². The van der Waals surface area contributed by atoms with Gasteiger partial charge in [0.05, 0.1) is 0 Å². The second-order valence-corrected chi connectivity index (χ2v) is 7.03. The number of piperidine rings is 1. The molecule has 6 heteroatoms. The zero-order chi connectivity index (χ0) is 17.1. The van der Waals surface area contributed by atoms with Crippen molar-refractivity contribution in [2.24, 2.45) is 11.7 Å². The summed E-state index contributed by atoms with van der Waals surface area (Å²) < 4.78 is 0. The molecule has 1 aromatic carbocycles. The molecule has 5 nitrogen and oxygen atoms in total. The third-order valence-corrected chi connectivity index (χ3v) is 5.30. The molecule has 1 fully saturated rings. The Labute approximate surface area is 155 Å². The highest BCUT2D eigenvalue weighted by atomic mass is 35.5. The van der Waals surface area contributed by atoms with E-state index in [4.69, 9.17) is 5.73 Å². The third-order valence-electron chi connectivity index (χ3n) is 5.30. The fourth-order valence-electron chi connectivity index (χ4n) is 3.77. The van der Waals surface area contributed by atoms with Crippen molar-refractivity contribution in [3.63, 3.8) is 0 Å². The van der Waals surface area contributed by atoms with Crippen molar-refractivity contribution >= 4 is 29.9 Å². The lowest BCUT2D eigenvalue weighted by Gasteiger charge is -2.35. The van der Waals surface area contributed by atoms with Gasteiger partial charge in [-0.3, -0.25) is 9.59 Å². The second-order valence-electron chi connectivity index (χ2n) is 7.03. The molecule has 0 spiro atoms. The molecule has 1 saturated heterocycles. The summed E-state index contributed by atoms with van der Waals surface area (Å²) in [5.74, 6) is 0.643. The topological polar surface area (TPSA) is 66.6 Å². The van der Waals surface area contributed by atoms with E-state index in [1.165, 1.54) is 5.56 Å². The van der Waals surface area contributed by atoms with E-state index in [-0.39, 0.29) is 30.3 Å². The van der Waals surface area contributed by atoms with E-state index >= 15 is 0 Å². The van der Waals surface area contributed by atoms with Crippen LogP contribution in [-0.2, 0) is 16.0 Å². The average molecular weight is 366 g/mol. The van der Waals surface area contributed by atoms with Gasteiger partial charge in [-0.1, -0.05) is 18.2 Å². The SMILES string of the molecule is CC(N)C1CCCN(C(=O)CCN2C(=O)CCc3ccccc32)C1.Cl. The Hall–Kier alpha value is -1.59. The number of benzene rings is 1. The average Bonchev–Trinajstić information content (AvgIpc) is 2.60. The number of halogens is 1. The number of anilines is 1. The summed E-state index contributed by atoms with van der Waals surface area (Å²) in [7, 11) is 0. The van der Waals surface area contributed by atoms with Crippen molar-refractivity contribution in [3.05, 3.63) is 29.8 Å². The molecule has 2 unspecified atom stereocenters. The molecule has 0 saturated carbocycles. The number of fused-ring (bicyclic) bond motifs is 1. The Balaban J connectivity index is 0.00000225. The smallest absolute Gasteiger partial charge is 0.227 e. The van der Waals surface area contributed by atoms with E-state index in [0.717, 1.165) is 38.0 Å².